The number of methoxy groups -OCH3 is 1. The van der Waals surface area contributed by atoms with Crippen molar-refractivity contribution >= 4 is 11.6 Å². The molecule has 0 saturated carbocycles. The highest BCUT2D eigenvalue weighted by Crippen LogP contribution is 2.57. The molecule has 0 radical (unpaired) electrons. The Bertz CT molecular complexity index is 969. The van der Waals surface area contributed by atoms with Gasteiger partial charge >= 0.3 is 6.18 Å². The molecule has 1 aromatic heterocycles. The van der Waals surface area contributed by atoms with Gasteiger partial charge in [-0.2, -0.15) is 13.2 Å². The van der Waals surface area contributed by atoms with Gasteiger partial charge < -0.3 is 14.5 Å². The lowest BCUT2D eigenvalue weighted by atomic mass is 9.82. The monoisotopic (exact) mass is 379 g/mol. The lowest BCUT2D eigenvalue weighted by molar-refractivity contribution is -0.260. The highest BCUT2D eigenvalue weighted by molar-refractivity contribution is 6.32. The second-order valence-electron chi connectivity index (χ2n) is 5.90. The molecule has 0 saturated heterocycles. The van der Waals surface area contributed by atoms with Gasteiger partial charge in [-0.25, -0.2) is 0 Å². The van der Waals surface area contributed by atoms with Gasteiger partial charge in [0.05, 0.1) is 5.02 Å². The summed E-state index contributed by atoms with van der Waals surface area (Å²) in [7, 11) is 1.03. The maximum atomic E-state index is 14.2. The van der Waals surface area contributed by atoms with Crippen LogP contribution in [0.2, 0.25) is 5.02 Å². The molecule has 2 aromatic carbocycles. The van der Waals surface area contributed by atoms with E-state index >= 15 is 0 Å². The molecule has 26 heavy (non-hydrogen) atoms. The third-order valence-electron chi connectivity index (χ3n) is 4.53. The Labute approximate surface area is 152 Å². The van der Waals surface area contributed by atoms with Gasteiger partial charge in [0.25, 0.3) is 0 Å². The van der Waals surface area contributed by atoms with Gasteiger partial charge in [0, 0.05) is 35.7 Å². The largest absolute Gasteiger partial charge is 0.455 e. The van der Waals surface area contributed by atoms with Crippen LogP contribution < -0.4 is 4.74 Å². The Kier molecular flexibility index (Phi) is 3.78. The Morgan fingerprint density at radius 2 is 1.88 bits per heavy atom. The minimum Gasteiger partial charge on any atom is -0.455 e. The van der Waals surface area contributed by atoms with Crippen molar-refractivity contribution in [2.45, 2.75) is 11.8 Å². The van der Waals surface area contributed by atoms with Crippen LogP contribution in [0.15, 0.2) is 54.7 Å². The average Bonchev–Trinajstić information content (AvgIpc) is 3.13. The van der Waals surface area contributed by atoms with Crippen molar-refractivity contribution < 1.29 is 22.6 Å². The number of hydrogen-bond acceptors (Lipinski definition) is 2. The summed E-state index contributed by atoms with van der Waals surface area (Å²) >= 11 is 6.13. The van der Waals surface area contributed by atoms with Crippen LogP contribution in [0, 0.1) is 0 Å². The molecule has 1 N–H and O–H groups in total. The second-order valence-corrected chi connectivity index (χ2v) is 6.30. The van der Waals surface area contributed by atoms with E-state index < -0.39 is 11.8 Å². The molecular formula is C19H13ClF3NO2. The number of alkyl halides is 3. The minimum atomic E-state index is -4.71. The summed E-state index contributed by atoms with van der Waals surface area (Å²) in [6, 6.07) is 12.4. The predicted octanol–water partition coefficient (Wildman–Crippen LogP) is 5.89. The van der Waals surface area contributed by atoms with Crippen LogP contribution in [0.3, 0.4) is 0 Å². The summed E-state index contributed by atoms with van der Waals surface area (Å²) in [6.07, 6.45) is -2.98. The Morgan fingerprint density at radius 3 is 2.54 bits per heavy atom. The summed E-state index contributed by atoms with van der Waals surface area (Å²) in [6.45, 7) is 0. The molecule has 1 atom stereocenters. The lowest BCUT2D eigenvalue weighted by Gasteiger charge is -2.40. The molecule has 1 aliphatic rings. The van der Waals surface area contributed by atoms with Crippen molar-refractivity contribution in [3.05, 3.63) is 70.9 Å². The van der Waals surface area contributed by atoms with Crippen molar-refractivity contribution in [1.29, 1.82) is 0 Å². The number of nitrogens with one attached hydrogen (secondary N) is 1. The van der Waals surface area contributed by atoms with Gasteiger partial charge in [-0.15, -0.1) is 0 Å². The number of halogens is 4. The molecule has 0 fully saturated rings. The fourth-order valence-corrected chi connectivity index (χ4v) is 3.57. The van der Waals surface area contributed by atoms with Crippen LogP contribution in [0.1, 0.15) is 11.1 Å². The Hall–Kier alpha value is -2.44. The number of fused-ring (bicyclic) bond motifs is 2. The maximum absolute atomic E-state index is 14.2. The van der Waals surface area contributed by atoms with Crippen LogP contribution in [-0.2, 0) is 10.3 Å². The van der Waals surface area contributed by atoms with E-state index in [1.165, 1.54) is 24.3 Å². The first-order valence-electron chi connectivity index (χ1n) is 7.75. The number of aromatic nitrogens is 1. The van der Waals surface area contributed by atoms with Crippen LogP contribution in [-0.4, -0.2) is 18.3 Å². The first kappa shape index (κ1) is 17.0. The van der Waals surface area contributed by atoms with E-state index in [1.54, 1.807) is 24.4 Å². The fourth-order valence-electron chi connectivity index (χ4n) is 3.36. The van der Waals surface area contributed by atoms with Crippen LogP contribution in [0.4, 0.5) is 13.2 Å². The molecule has 1 aliphatic heterocycles. The molecule has 0 aliphatic carbocycles. The molecular weight excluding hydrogens is 367 g/mol. The van der Waals surface area contributed by atoms with E-state index in [0.29, 0.717) is 5.56 Å². The Morgan fingerprint density at radius 1 is 1.08 bits per heavy atom. The van der Waals surface area contributed by atoms with Gasteiger partial charge in [-0.1, -0.05) is 35.9 Å². The average molecular weight is 380 g/mol. The van der Waals surface area contributed by atoms with Gasteiger partial charge in [-0.05, 0) is 24.3 Å². The number of para-hydroxylation sites is 1. The van der Waals surface area contributed by atoms with Gasteiger partial charge in [0.2, 0.25) is 5.60 Å². The van der Waals surface area contributed by atoms with E-state index in [1.807, 2.05) is 6.07 Å². The van der Waals surface area contributed by atoms with E-state index in [0.717, 1.165) is 12.8 Å². The molecule has 3 nitrogen and oxygen atoms in total. The summed E-state index contributed by atoms with van der Waals surface area (Å²) < 4.78 is 53.6. The number of hydrogen-bond donors (Lipinski definition) is 1. The highest BCUT2D eigenvalue weighted by atomic mass is 35.5. The van der Waals surface area contributed by atoms with Crippen LogP contribution in [0.25, 0.3) is 11.3 Å². The number of ether oxygens (including phenoxy) is 2. The first-order chi connectivity index (χ1) is 12.4. The molecule has 3 aromatic rings. The fraction of sp³-hybridized carbons (Fsp3) is 0.158. The number of benzene rings is 2. The molecule has 7 heteroatoms. The maximum Gasteiger partial charge on any atom is 0.426 e. The SMILES string of the molecule is COC1(C(F)(F)F)c2ccc(-c3ccc[nH]3)cc2Oc2c(Cl)cccc21. The van der Waals surface area contributed by atoms with Crippen molar-refractivity contribution in [2.75, 3.05) is 7.11 Å². The highest BCUT2D eigenvalue weighted by Gasteiger charge is 2.62. The Balaban J connectivity index is 2.01. The summed E-state index contributed by atoms with van der Waals surface area (Å²) in [5.41, 5.74) is -1.49. The zero-order valence-corrected chi connectivity index (χ0v) is 14.3. The van der Waals surface area contributed by atoms with Gasteiger partial charge in [-0.3, -0.25) is 0 Å². The molecule has 1 unspecified atom stereocenters. The normalized spacial score (nSPS) is 18.8. The molecule has 4 rings (SSSR count). The summed E-state index contributed by atoms with van der Waals surface area (Å²) in [4.78, 5) is 3.02. The molecule has 134 valence electrons. The quantitative estimate of drug-likeness (QED) is 0.602. The van der Waals surface area contributed by atoms with Crippen LogP contribution in [0.5, 0.6) is 11.5 Å². The third kappa shape index (κ3) is 2.26. The second kappa shape index (κ2) is 5.79. The zero-order valence-electron chi connectivity index (χ0n) is 13.5. The van der Waals surface area contributed by atoms with E-state index in [9.17, 15) is 13.2 Å². The smallest absolute Gasteiger partial charge is 0.426 e. The van der Waals surface area contributed by atoms with Gasteiger partial charge in [0.15, 0.2) is 5.75 Å². The van der Waals surface area contributed by atoms with E-state index in [2.05, 4.69) is 4.98 Å². The molecule has 0 bridgehead atoms. The van der Waals surface area contributed by atoms with Crippen molar-refractivity contribution in [1.82, 2.24) is 4.98 Å². The molecule has 0 spiro atoms. The lowest BCUT2D eigenvalue weighted by Crippen LogP contribution is -2.47. The molecule has 2 heterocycles. The zero-order chi connectivity index (χ0) is 18.5. The first-order valence-corrected chi connectivity index (χ1v) is 8.13. The van der Waals surface area contributed by atoms with E-state index in [-0.39, 0.29) is 27.6 Å². The van der Waals surface area contributed by atoms with Gasteiger partial charge in [0.1, 0.15) is 5.75 Å². The van der Waals surface area contributed by atoms with Crippen molar-refractivity contribution in [3.63, 3.8) is 0 Å². The van der Waals surface area contributed by atoms with Crippen molar-refractivity contribution in [2.24, 2.45) is 0 Å². The molecule has 0 amide bonds. The standard InChI is InChI=1S/C19H13ClF3NO2/c1-25-18(19(21,22)23)12-8-7-11(15-6-3-9-24-15)10-16(12)26-17-13(18)4-2-5-14(17)20/h2-10,24H,1H3. The summed E-state index contributed by atoms with van der Waals surface area (Å²) in [5, 5.41) is 0.0871. The van der Waals surface area contributed by atoms with Crippen LogP contribution >= 0.6 is 11.6 Å². The number of rotatable bonds is 2. The van der Waals surface area contributed by atoms with Crippen molar-refractivity contribution in [3.8, 4) is 22.8 Å². The predicted molar refractivity (Wildman–Crippen MR) is 91.6 cm³/mol. The summed E-state index contributed by atoms with van der Waals surface area (Å²) in [5.74, 6) is 0.00125. The van der Waals surface area contributed by atoms with E-state index in [4.69, 9.17) is 21.1 Å². The topological polar surface area (TPSA) is 34.2 Å². The third-order valence-corrected chi connectivity index (χ3v) is 4.83. The minimum absolute atomic E-state index is 0.0514. The number of aromatic amines is 1. The number of H-pyrrole nitrogens is 1.